The minimum absolute atomic E-state index is 0.0339. The molecule has 0 bridgehead atoms. The Morgan fingerprint density at radius 1 is 1.26 bits per heavy atom. The van der Waals surface area contributed by atoms with Crippen LogP contribution in [0.3, 0.4) is 0 Å². The van der Waals surface area contributed by atoms with Gasteiger partial charge in [-0.1, -0.05) is 6.08 Å². The first-order valence-corrected chi connectivity index (χ1v) is 11.0. The van der Waals surface area contributed by atoms with Crippen molar-refractivity contribution in [2.75, 3.05) is 20.7 Å². The van der Waals surface area contributed by atoms with E-state index in [0.29, 0.717) is 0 Å². The Labute approximate surface area is 195 Å². The SMILES string of the molecule is CN(C)[C@@H]1C=C(C(N)=O)C(=O)[C@@]2(O)C(=O)C3=C(O)c4c(O)c(CCCO)cc(F)c4C[C@H]3C[C@@H]12. The maximum absolute atomic E-state index is 15.0. The number of ketones is 2. The van der Waals surface area contributed by atoms with Crippen LogP contribution in [0.25, 0.3) is 5.76 Å². The summed E-state index contributed by atoms with van der Waals surface area (Å²) in [5.74, 6) is -6.77. The number of hydrogen-bond donors (Lipinski definition) is 5. The number of nitrogens with two attached hydrogens (primary N) is 1. The van der Waals surface area contributed by atoms with Gasteiger partial charge in [-0.2, -0.15) is 0 Å². The zero-order valence-electron chi connectivity index (χ0n) is 18.8. The van der Waals surface area contributed by atoms with Crippen LogP contribution in [0.4, 0.5) is 4.39 Å². The normalized spacial score (nSPS) is 28.4. The fraction of sp³-hybridized carbons (Fsp3) is 0.458. The minimum Gasteiger partial charge on any atom is -0.507 e. The zero-order chi connectivity index (χ0) is 25.1. The molecule has 1 fully saturated rings. The first-order chi connectivity index (χ1) is 15.9. The number of phenols is 1. The number of halogens is 1. The van der Waals surface area contributed by atoms with Gasteiger partial charge in [0.25, 0.3) is 5.91 Å². The Morgan fingerprint density at radius 2 is 1.94 bits per heavy atom. The first kappa shape index (κ1) is 24.1. The van der Waals surface area contributed by atoms with Crippen molar-refractivity contribution in [1.82, 2.24) is 4.90 Å². The van der Waals surface area contributed by atoms with Crippen LogP contribution in [0.1, 0.15) is 29.5 Å². The van der Waals surface area contributed by atoms with Crippen molar-refractivity contribution in [1.29, 1.82) is 0 Å². The van der Waals surface area contributed by atoms with E-state index in [1.165, 1.54) is 6.08 Å². The summed E-state index contributed by atoms with van der Waals surface area (Å²) >= 11 is 0. The molecule has 4 rings (SSSR count). The third kappa shape index (κ3) is 3.28. The third-order valence-corrected chi connectivity index (χ3v) is 7.25. The van der Waals surface area contributed by atoms with Crippen molar-refractivity contribution in [2.24, 2.45) is 17.6 Å². The molecule has 182 valence electrons. The molecule has 0 saturated heterocycles. The monoisotopic (exact) mass is 474 g/mol. The van der Waals surface area contributed by atoms with Crippen LogP contribution < -0.4 is 5.73 Å². The highest BCUT2D eigenvalue weighted by Gasteiger charge is 2.63. The lowest BCUT2D eigenvalue weighted by atomic mass is 9.57. The molecular formula is C24H27FN2O7. The zero-order valence-corrected chi connectivity index (χ0v) is 18.8. The lowest BCUT2D eigenvalue weighted by molar-refractivity contribution is -0.160. The van der Waals surface area contributed by atoms with E-state index in [-0.39, 0.29) is 54.6 Å². The van der Waals surface area contributed by atoms with Crippen LogP contribution in [0.15, 0.2) is 23.3 Å². The molecule has 34 heavy (non-hydrogen) atoms. The fourth-order valence-corrected chi connectivity index (χ4v) is 5.60. The van der Waals surface area contributed by atoms with Crippen molar-refractivity contribution < 1.29 is 39.2 Å². The molecule has 10 heteroatoms. The third-order valence-electron chi connectivity index (χ3n) is 7.25. The molecule has 0 aliphatic heterocycles. The Hall–Kier alpha value is -3.08. The number of aromatic hydroxyl groups is 1. The standard InChI is InChI=1S/C24H27FN2O7/c1-27(2)16-9-13(23(26)33)21(31)24(34)14(16)7-11-6-12-15(25)8-10(4-3-5-28)19(29)18(12)20(30)17(11)22(24)32/h8-9,11,14,16,28-30,34H,3-7H2,1-2H3,(H2,26,33)/t11-,14-,16+,24+/m0/s1. The number of aliphatic hydroxyl groups is 3. The molecule has 0 radical (unpaired) electrons. The maximum atomic E-state index is 15.0. The van der Waals surface area contributed by atoms with Crippen molar-refractivity contribution in [3.05, 3.63) is 45.8 Å². The Balaban J connectivity index is 1.90. The molecular weight excluding hydrogens is 447 g/mol. The molecule has 1 saturated carbocycles. The summed E-state index contributed by atoms with van der Waals surface area (Å²) in [7, 11) is 3.32. The molecule has 0 aromatic heterocycles. The molecule has 1 amide bonds. The van der Waals surface area contributed by atoms with Crippen LogP contribution in [-0.4, -0.2) is 75.1 Å². The number of aliphatic hydroxyl groups excluding tert-OH is 2. The van der Waals surface area contributed by atoms with E-state index in [0.717, 1.165) is 6.07 Å². The Bertz CT molecular complexity index is 1170. The van der Waals surface area contributed by atoms with Crippen molar-refractivity contribution in [3.8, 4) is 5.75 Å². The number of rotatable bonds is 5. The smallest absolute Gasteiger partial charge is 0.252 e. The van der Waals surface area contributed by atoms with Gasteiger partial charge in [-0.25, -0.2) is 4.39 Å². The van der Waals surface area contributed by atoms with Gasteiger partial charge in [0.1, 0.15) is 17.3 Å². The predicted molar refractivity (Wildman–Crippen MR) is 118 cm³/mol. The topological polar surface area (TPSA) is 161 Å². The van der Waals surface area contributed by atoms with Gasteiger partial charge in [-0.3, -0.25) is 14.4 Å². The summed E-state index contributed by atoms with van der Waals surface area (Å²) in [6, 6.07) is 0.455. The quantitative estimate of drug-likeness (QED) is 0.297. The van der Waals surface area contributed by atoms with E-state index in [4.69, 9.17) is 10.8 Å². The van der Waals surface area contributed by atoms with Gasteiger partial charge in [-0.05, 0) is 57.3 Å². The maximum Gasteiger partial charge on any atom is 0.252 e. The first-order valence-electron chi connectivity index (χ1n) is 11.0. The molecule has 3 aliphatic carbocycles. The van der Waals surface area contributed by atoms with Gasteiger partial charge >= 0.3 is 0 Å². The molecule has 6 N–H and O–H groups in total. The number of nitrogens with zero attached hydrogens (tertiary/aromatic N) is 1. The van der Waals surface area contributed by atoms with Crippen LogP contribution in [-0.2, 0) is 27.2 Å². The van der Waals surface area contributed by atoms with Gasteiger partial charge in [-0.15, -0.1) is 0 Å². The second kappa shape index (κ2) is 8.30. The van der Waals surface area contributed by atoms with E-state index >= 15 is 4.39 Å². The van der Waals surface area contributed by atoms with E-state index in [2.05, 4.69) is 0 Å². The molecule has 3 aliphatic rings. The second-order valence-corrected chi connectivity index (χ2v) is 9.38. The molecule has 0 unspecified atom stereocenters. The summed E-state index contributed by atoms with van der Waals surface area (Å²) in [6.07, 6.45) is 1.73. The summed E-state index contributed by atoms with van der Waals surface area (Å²) in [5, 5.41) is 42.4. The van der Waals surface area contributed by atoms with Crippen LogP contribution in [0.5, 0.6) is 5.75 Å². The number of Topliss-reactive ketones (excluding diaryl/α,β-unsaturated/α-hetero) is 2. The van der Waals surface area contributed by atoms with Gasteiger partial charge in [0.15, 0.2) is 5.60 Å². The van der Waals surface area contributed by atoms with Crippen molar-refractivity contribution in [2.45, 2.75) is 37.3 Å². The number of likely N-dealkylation sites (N-methyl/N-ethyl adjacent to an activating group) is 1. The van der Waals surface area contributed by atoms with Crippen LogP contribution in [0, 0.1) is 17.7 Å². The number of carbonyl (C=O) groups excluding carboxylic acids is 3. The largest absolute Gasteiger partial charge is 0.507 e. The van der Waals surface area contributed by atoms with E-state index < -0.39 is 63.9 Å². The molecule has 9 nitrogen and oxygen atoms in total. The number of benzene rings is 1. The van der Waals surface area contributed by atoms with Gasteiger partial charge in [0.05, 0.1) is 11.1 Å². The van der Waals surface area contributed by atoms with Crippen molar-refractivity contribution in [3.63, 3.8) is 0 Å². The lowest BCUT2D eigenvalue weighted by Gasteiger charge is -2.49. The number of fused-ring (bicyclic) bond motifs is 3. The van der Waals surface area contributed by atoms with Gasteiger partial charge in [0, 0.05) is 29.7 Å². The molecule has 0 heterocycles. The number of amides is 1. The fourth-order valence-electron chi connectivity index (χ4n) is 5.60. The summed E-state index contributed by atoms with van der Waals surface area (Å²) < 4.78 is 15.0. The number of primary amides is 1. The van der Waals surface area contributed by atoms with Crippen LogP contribution in [0.2, 0.25) is 0 Å². The lowest BCUT2D eigenvalue weighted by Crippen LogP contribution is -2.66. The van der Waals surface area contributed by atoms with Crippen LogP contribution >= 0.6 is 0 Å². The van der Waals surface area contributed by atoms with Gasteiger partial charge < -0.3 is 31.1 Å². The number of aryl methyl sites for hydroxylation is 1. The Kier molecular flexibility index (Phi) is 5.87. The highest BCUT2D eigenvalue weighted by atomic mass is 19.1. The van der Waals surface area contributed by atoms with E-state index in [9.17, 15) is 29.7 Å². The summed E-state index contributed by atoms with van der Waals surface area (Å²) in [6.45, 7) is -0.189. The minimum atomic E-state index is -2.64. The average Bonchev–Trinajstić information content (AvgIpc) is 2.76. The predicted octanol–water partition coefficient (Wildman–Crippen LogP) is 0.142. The van der Waals surface area contributed by atoms with Crippen molar-refractivity contribution >= 4 is 23.2 Å². The number of hydrogen-bond acceptors (Lipinski definition) is 8. The molecule has 1 aromatic carbocycles. The highest BCUT2D eigenvalue weighted by Crippen LogP contribution is 2.51. The second-order valence-electron chi connectivity index (χ2n) is 9.38. The number of carbonyl (C=O) groups is 3. The summed E-state index contributed by atoms with van der Waals surface area (Å²) in [4.78, 5) is 40.3. The number of phenolic OH excluding ortho intramolecular Hbond substituents is 1. The molecule has 1 aromatic rings. The Morgan fingerprint density at radius 3 is 2.53 bits per heavy atom. The van der Waals surface area contributed by atoms with Gasteiger partial charge in [0.2, 0.25) is 11.6 Å². The summed E-state index contributed by atoms with van der Waals surface area (Å²) in [5.41, 5.74) is 1.84. The highest BCUT2D eigenvalue weighted by molar-refractivity contribution is 6.32. The molecule has 0 spiro atoms. The van der Waals surface area contributed by atoms with E-state index in [1.54, 1.807) is 19.0 Å². The average molecular weight is 474 g/mol. The van der Waals surface area contributed by atoms with E-state index in [1.807, 2.05) is 0 Å². The molecule has 4 atom stereocenters.